The molecule has 0 spiro atoms. The number of rotatable bonds is 8. The van der Waals surface area contributed by atoms with Crippen LogP contribution in [0.4, 0.5) is 16.4 Å². The molecule has 11 nitrogen and oxygen atoms in total. The van der Waals surface area contributed by atoms with Crippen molar-refractivity contribution in [1.82, 2.24) is 14.9 Å². The summed E-state index contributed by atoms with van der Waals surface area (Å²) < 4.78 is 16.2. The minimum Gasteiger partial charge on any atom is -0.487 e. The standard InChI is InChI=1S/C24H26N6O5S/c1-15(14-33-2)35-20-9-21(26-11-18(20)10-25)28-23(32)30-5-3-4-16-8-17(19(13-31)27-22(16)30)12-29-6-7-34-24(29)36/h8-9,11,13,15H,3-7,12,14H2,1-2H3,(H,26,28,32)/t15-/m1/s1. The lowest BCUT2D eigenvalue weighted by molar-refractivity contribution is 0.0919. The van der Waals surface area contributed by atoms with E-state index >= 15 is 0 Å². The van der Waals surface area contributed by atoms with Gasteiger partial charge < -0.3 is 19.1 Å². The zero-order chi connectivity index (χ0) is 25.7. The van der Waals surface area contributed by atoms with Crippen molar-refractivity contribution in [3.05, 3.63) is 40.7 Å². The second-order valence-electron chi connectivity index (χ2n) is 8.42. The molecule has 1 N–H and O–H groups in total. The van der Waals surface area contributed by atoms with Crippen molar-refractivity contribution < 1.29 is 23.8 Å². The molecule has 188 valence electrons. The highest BCUT2D eigenvalue weighted by Crippen LogP contribution is 2.29. The maximum absolute atomic E-state index is 13.2. The number of aldehydes is 1. The Morgan fingerprint density at radius 1 is 1.42 bits per heavy atom. The van der Waals surface area contributed by atoms with Gasteiger partial charge in [0.1, 0.15) is 47.4 Å². The average Bonchev–Trinajstić information content (AvgIpc) is 3.27. The summed E-state index contributed by atoms with van der Waals surface area (Å²) in [5, 5.41) is 12.5. The van der Waals surface area contributed by atoms with E-state index in [2.05, 4.69) is 15.3 Å². The molecular weight excluding hydrogens is 484 g/mol. The number of hydrogen-bond acceptors (Lipinski definition) is 9. The summed E-state index contributed by atoms with van der Waals surface area (Å²) in [6.45, 7) is 4.15. The number of urea groups is 1. The van der Waals surface area contributed by atoms with Crippen LogP contribution in [0.5, 0.6) is 5.75 Å². The van der Waals surface area contributed by atoms with Crippen molar-refractivity contribution in [1.29, 1.82) is 5.26 Å². The lowest BCUT2D eigenvalue weighted by Crippen LogP contribution is -2.40. The largest absolute Gasteiger partial charge is 0.487 e. The molecule has 2 aromatic rings. The van der Waals surface area contributed by atoms with E-state index in [4.69, 9.17) is 26.4 Å². The molecule has 1 fully saturated rings. The van der Waals surface area contributed by atoms with Crippen molar-refractivity contribution >= 4 is 41.3 Å². The van der Waals surface area contributed by atoms with Gasteiger partial charge in [-0.3, -0.25) is 15.0 Å². The molecule has 2 aromatic heterocycles. The van der Waals surface area contributed by atoms with Crippen LogP contribution in [0, 0.1) is 11.3 Å². The van der Waals surface area contributed by atoms with E-state index in [-0.39, 0.29) is 23.2 Å². The predicted molar refractivity (Wildman–Crippen MR) is 134 cm³/mol. The lowest BCUT2D eigenvalue weighted by atomic mass is 10.0. The summed E-state index contributed by atoms with van der Waals surface area (Å²) in [5.41, 5.74) is 2.10. The minimum atomic E-state index is -0.449. The fourth-order valence-electron chi connectivity index (χ4n) is 4.11. The minimum absolute atomic E-state index is 0.223. The zero-order valence-corrected chi connectivity index (χ0v) is 20.8. The number of aryl methyl sites for hydroxylation is 1. The monoisotopic (exact) mass is 510 g/mol. The van der Waals surface area contributed by atoms with Crippen LogP contribution >= 0.6 is 12.2 Å². The van der Waals surface area contributed by atoms with Crippen molar-refractivity contribution in [3.63, 3.8) is 0 Å². The molecule has 4 heterocycles. The zero-order valence-electron chi connectivity index (χ0n) is 20.0. The van der Waals surface area contributed by atoms with Crippen LogP contribution < -0.4 is 15.0 Å². The highest BCUT2D eigenvalue weighted by molar-refractivity contribution is 7.80. The molecule has 0 aliphatic carbocycles. The predicted octanol–water partition coefficient (Wildman–Crippen LogP) is 2.68. The highest BCUT2D eigenvalue weighted by atomic mass is 32.1. The third-order valence-corrected chi connectivity index (χ3v) is 6.16. The fraction of sp³-hybridized carbons (Fsp3) is 0.417. The fourth-order valence-corrected chi connectivity index (χ4v) is 4.35. The van der Waals surface area contributed by atoms with E-state index in [1.54, 1.807) is 7.11 Å². The maximum Gasteiger partial charge on any atom is 0.328 e. The summed E-state index contributed by atoms with van der Waals surface area (Å²) in [6, 6.07) is 5.00. The van der Waals surface area contributed by atoms with Gasteiger partial charge in [0.05, 0.1) is 19.3 Å². The number of pyridine rings is 2. The van der Waals surface area contributed by atoms with E-state index in [0.29, 0.717) is 55.9 Å². The topological polar surface area (TPSA) is 130 Å². The normalized spacial score (nSPS) is 15.5. The molecule has 4 rings (SSSR count). The van der Waals surface area contributed by atoms with Crippen LogP contribution in [0.25, 0.3) is 0 Å². The number of carbonyl (C=O) groups is 2. The van der Waals surface area contributed by atoms with E-state index in [1.165, 1.54) is 17.2 Å². The molecule has 0 radical (unpaired) electrons. The third kappa shape index (κ3) is 5.53. The van der Waals surface area contributed by atoms with Gasteiger partial charge in [-0.15, -0.1) is 0 Å². The molecule has 2 amide bonds. The quantitative estimate of drug-likeness (QED) is 0.418. The average molecular weight is 511 g/mol. The second-order valence-corrected chi connectivity index (χ2v) is 8.77. The summed E-state index contributed by atoms with van der Waals surface area (Å²) >= 11 is 5.21. The van der Waals surface area contributed by atoms with E-state index in [9.17, 15) is 14.9 Å². The highest BCUT2D eigenvalue weighted by Gasteiger charge is 2.28. The van der Waals surface area contributed by atoms with Crippen molar-refractivity contribution in [2.24, 2.45) is 0 Å². The number of methoxy groups -OCH3 is 1. The van der Waals surface area contributed by atoms with Crippen LogP contribution in [0.1, 0.15) is 40.5 Å². The van der Waals surface area contributed by atoms with Gasteiger partial charge in [-0.05, 0) is 43.6 Å². The van der Waals surface area contributed by atoms with Gasteiger partial charge in [0.2, 0.25) is 0 Å². The molecule has 1 atom stereocenters. The van der Waals surface area contributed by atoms with Gasteiger partial charge in [-0.2, -0.15) is 5.26 Å². The van der Waals surface area contributed by atoms with Crippen LogP contribution in [-0.4, -0.2) is 71.9 Å². The first-order chi connectivity index (χ1) is 17.4. The van der Waals surface area contributed by atoms with Crippen LogP contribution in [0.2, 0.25) is 0 Å². The molecule has 36 heavy (non-hydrogen) atoms. The van der Waals surface area contributed by atoms with Gasteiger partial charge in [-0.1, -0.05) is 0 Å². The molecule has 0 bridgehead atoms. The van der Waals surface area contributed by atoms with E-state index in [1.807, 2.05) is 24.0 Å². The Bertz CT molecular complexity index is 1220. The van der Waals surface area contributed by atoms with Gasteiger partial charge in [-0.25, -0.2) is 14.8 Å². The summed E-state index contributed by atoms with van der Waals surface area (Å²) in [4.78, 5) is 37.1. The summed E-state index contributed by atoms with van der Waals surface area (Å²) in [6.07, 6.45) is 3.19. The SMILES string of the molecule is COC[C@@H](C)Oc1cc(NC(=O)N2CCCc3cc(CN4CCOC4=S)c(C=O)nc32)ncc1C#N. The Morgan fingerprint density at radius 2 is 2.25 bits per heavy atom. The van der Waals surface area contributed by atoms with Crippen LogP contribution in [-0.2, 0) is 22.4 Å². The van der Waals surface area contributed by atoms with E-state index in [0.717, 1.165) is 24.0 Å². The van der Waals surface area contributed by atoms with Gasteiger partial charge in [0, 0.05) is 31.8 Å². The van der Waals surface area contributed by atoms with Crippen LogP contribution in [0.15, 0.2) is 18.3 Å². The molecule has 2 aliphatic heterocycles. The number of anilines is 2. The molecule has 1 saturated heterocycles. The number of thiocarbonyl (C=S) groups is 1. The number of amides is 2. The van der Waals surface area contributed by atoms with Gasteiger partial charge in [0.15, 0.2) is 6.29 Å². The smallest absolute Gasteiger partial charge is 0.328 e. The molecule has 0 saturated carbocycles. The molecule has 0 aromatic carbocycles. The Balaban J connectivity index is 1.55. The first kappa shape index (κ1) is 25.3. The van der Waals surface area contributed by atoms with Crippen molar-refractivity contribution in [2.45, 2.75) is 32.4 Å². The first-order valence-corrected chi connectivity index (χ1v) is 11.9. The number of nitriles is 1. The maximum atomic E-state index is 13.2. The van der Waals surface area contributed by atoms with E-state index < -0.39 is 6.03 Å². The number of fused-ring (bicyclic) bond motifs is 1. The third-order valence-electron chi connectivity index (χ3n) is 5.79. The number of nitrogens with one attached hydrogen (secondary N) is 1. The van der Waals surface area contributed by atoms with Gasteiger partial charge >= 0.3 is 6.03 Å². The molecule has 2 aliphatic rings. The number of nitrogens with zero attached hydrogens (tertiary/aromatic N) is 5. The van der Waals surface area contributed by atoms with Crippen molar-refractivity contribution in [3.8, 4) is 11.8 Å². The number of aromatic nitrogens is 2. The Hall–Kier alpha value is -3.82. The molecular formula is C24H26N6O5S. The van der Waals surface area contributed by atoms with Gasteiger partial charge in [0.25, 0.3) is 5.17 Å². The summed E-state index contributed by atoms with van der Waals surface area (Å²) in [7, 11) is 1.56. The Kier molecular flexibility index (Phi) is 7.92. The second kappa shape index (κ2) is 11.3. The number of carbonyl (C=O) groups excluding carboxylic acids is 2. The summed E-state index contributed by atoms with van der Waals surface area (Å²) in [5.74, 6) is 0.949. The first-order valence-electron chi connectivity index (χ1n) is 11.5. The van der Waals surface area contributed by atoms with Crippen molar-refractivity contribution in [2.75, 3.05) is 43.6 Å². The Morgan fingerprint density at radius 3 is 2.94 bits per heavy atom. The number of hydrogen-bond donors (Lipinski definition) is 1. The lowest BCUT2D eigenvalue weighted by Gasteiger charge is -2.29. The molecule has 12 heteroatoms. The van der Waals surface area contributed by atoms with Crippen LogP contribution in [0.3, 0.4) is 0 Å². The molecule has 0 unspecified atom stereocenters. The Labute approximate surface area is 214 Å². The number of ether oxygens (including phenoxy) is 3.